The monoisotopic (exact) mass is 406 g/mol. The second kappa shape index (κ2) is 11.7. The van der Waals surface area contributed by atoms with E-state index in [0.29, 0.717) is 13.2 Å². The van der Waals surface area contributed by atoms with Crippen molar-refractivity contribution in [2.45, 2.75) is 25.6 Å². The van der Waals surface area contributed by atoms with Gasteiger partial charge in [-0.1, -0.05) is 6.08 Å². The summed E-state index contributed by atoms with van der Waals surface area (Å²) in [5.74, 6) is 0.878. The zero-order valence-electron chi connectivity index (χ0n) is 15.9. The number of benzene rings is 1. The zero-order valence-corrected chi connectivity index (χ0v) is 17.5. The van der Waals surface area contributed by atoms with E-state index in [-0.39, 0.29) is 24.8 Å². The second-order valence-corrected chi connectivity index (χ2v) is 6.76. The molecule has 2 rings (SSSR count). The molecule has 1 aliphatic rings. The summed E-state index contributed by atoms with van der Waals surface area (Å²) in [5.41, 5.74) is 0.820. The van der Waals surface area contributed by atoms with Crippen molar-refractivity contribution in [3.8, 4) is 5.75 Å². The van der Waals surface area contributed by atoms with E-state index in [1.807, 2.05) is 26.0 Å². The van der Waals surface area contributed by atoms with Crippen LogP contribution in [0.3, 0.4) is 0 Å². The van der Waals surface area contributed by atoms with Gasteiger partial charge in [0.25, 0.3) is 0 Å². The fourth-order valence-corrected chi connectivity index (χ4v) is 2.70. The van der Waals surface area contributed by atoms with E-state index >= 15 is 0 Å². The summed E-state index contributed by atoms with van der Waals surface area (Å²) in [6, 6.07) is 8.16. The average molecular weight is 407 g/mol. The van der Waals surface area contributed by atoms with Gasteiger partial charge in [0, 0.05) is 38.4 Å². The number of hydrogen-bond donors (Lipinski definition) is 1. The van der Waals surface area contributed by atoms with Gasteiger partial charge in [0.15, 0.2) is 0 Å². The minimum absolute atomic E-state index is 0. The van der Waals surface area contributed by atoms with Crippen LogP contribution >= 0.6 is 24.8 Å². The van der Waals surface area contributed by atoms with Crippen LogP contribution in [-0.2, 0) is 4.74 Å². The number of rotatable bonds is 8. The number of hydrogen-bond acceptors (Lipinski definition) is 5. The second-order valence-electron chi connectivity index (χ2n) is 6.76. The number of methoxy groups -OCH3 is 1. The van der Waals surface area contributed by atoms with Crippen molar-refractivity contribution in [3.05, 3.63) is 36.9 Å². The molecule has 0 radical (unpaired) electrons. The quantitative estimate of drug-likeness (QED) is 0.672. The summed E-state index contributed by atoms with van der Waals surface area (Å²) in [7, 11) is 1.68. The molecule has 0 aromatic heterocycles. The Morgan fingerprint density at radius 3 is 2.23 bits per heavy atom. The summed E-state index contributed by atoms with van der Waals surface area (Å²) in [4.78, 5) is 4.65. The summed E-state index contributed by atoms with van der Waals surface area (Å²) in [6.45, 7) is 12.4. The first-order chi connectivity index (χ1) is 11.4. The fourth-order valence-electron chi connectivity index (χ4n) is 2.70. The Bertz CT molecular complexity index is 518. The Morgan fingerprint density at radius 2 is 1.73 bits per heavy atom. The Balaban J connectivity index is 0.00000312. The molecular weight excluding hydrogens is 375 g/mol. The molecule has 26 heavy (non-hydrogen) atoms. The molecule has 1 aromatic carbocycles. The van der Waals surface area contributed by atoms with Gasteiger partial charge in [-0.3, -0.25) is 4.90 Å². The molecule has 0 aliphatic carbocycles. The van der Waals surface area contributed by atoms with E-state index in [1.54, 1.807) is 13.2 Å². The highest BCUT2D eigenvalue weighted by atomic mass is 35.5. The number of piperazine rings is 1. The molecule has 0 amide bonds. The van der Waals surface area contributed by atoms with Crippen molar-refractivity contribution in [1.82, 2.24) is 4.90 Å². The Morgan fingerprint density at radius 1 is 1.15 bits per heavy atom. The summed E-state index contributed by atoms with van der Waals surface area (Å²) in [5, 5.41) is 10.2. The largest absolute Gasteiger partial charge is 0.497 e. The van der Waals surface area contributed by atoms with E-state index in [0.717, 1.165) is 31.9 Å². The third-order valence-corrected chi connectivity index (χ3v) is 4.42. The number of β-amino-alcohol motifs (C(OH)–C–C–N with tert-alkyl or cyclic N) is 1. The number of nitrogens with zero attached hydrogens (tertiary/aromatic N) is 2. The van der Waals surface area contributed by atoms with E-state index < -0.39 is 11.7 Å². The number of aliphatic hydroxyl groups excluding tert-OH is 1. The van der Waals surface area contributed by atoms with Crippen molar-refractivity contribution >= 4 is 30.5 Å². The van der Waals surface area contributed by atoms with E-state index in [9.17, 15) is 5.11 Å². The molecule has 1 saturated heterocycles. The van der Waals surface area contributed by atoms with Crippen LogP contribution in [0.1, 0.15) is 13.8 Å². The first-order valence-corrected chi connectivity index (χ1v) is 8.50. The lowest BCUT2D eigenvalue weighted by atomic mass is 10.1. The highest BCUT2D eigenvalue weighted by Gasteiger charge is 2.21. The summed E-state index contributed by atoms with van der Waals surface area (Å²) >= 11 is 0. The van der Waals surface area contributed by atoms with Crippen LogP contribution in [0.15, 0.2) is 36.9 Å². The predicted molar refractivity (Wildman–Crippen MR) is 112 cm³/mol. The third kappa shape index (κ3) is 7.72. The maximum absolute atomic E-state index is 10.2. The minimum atomic E-state index is -0.475. The molecule has 1 unspecified atom stereocenters. The maximum Gasteiger partial charge on any atom is 0.119 e. The van der Waals surface area contributed by atoms with E-state index in [2.05, 4.69) is 28.5 Å². The lowest BCUT2D eigenvalue weighted by molar-refractivity contribution is -0.0420. The molecule has 7 heteroatoms. The zero-order chi connectivity index (χ0) is 17.6. The molecular formula is C19H32Cl2N2O3. The van der Waals surface area contributed by atoms with Crippen LogP contribution in [0, 0.1) is 0 Å². The van der Waals surface area contributed by atoms with E-state index in [4.69, 9.17) is 9.47 Å². The van der Waals surface area contributed by atoms with Gasteiger partial charge in [0.05, 0.1) is 25.4 Å². The van der Waals surface area contributed by atoms with Gasteiger partial charge in [0.2, 0.25) is 0 Å². The first kappa shape index (κ1) is 25.0. The lowest BCUT2D eigenvalue weighted by Crippen LogP contribution is -2.49. The molecule has 0 saturated carbocycles. The van der Waals surface area contributed by atoms with Gasteiger partial charge < -0.3 is 19.5 Å². The minimum Gasteiger partial charge on any atom is -0.497 e. The van der Waals surface area contributed by atoms with Gasteiger partial charge in [0.1, 0.15) is 5.75 Å². The lowest BCUT2D eigenvalue weighted by Gasteiger charge is -2.37. The molecule has 150 valence electrons. The fraction of sp³-hybridized carbons (Fsp3) is 0.579. The SMILES string of the molecule is C=CC(C)(C)OCC(O)CN1CCN(c2ccc(OC)cc2)CC1.Cl.Cl. The van der Waals surface area contributed by atoms with Gasteiger partial charge in [-0.05, 0) is 38.1 Å². The third-order valence-electron chi connectivity index (χ3n) is 4.42. The van der Waals surface area contributed by atoms with Gasteiger partial charge >= 0.3 is 0 Å². The smallest absolute Gasteiger partial charge is 0.119 e. The molecule has 1 N–H and O–H groups in total. The van der Waals surface area contributed by atoms with Crippen LogP contribution < -0.4 is 9.64 Å². The number of anilines is 1. The molecule has 1 fully saturated rings. The van der Waals surface area contributed by atoms with E-state index in [1.165, 1.54) is 5.69 Å². The van der Waals surface area contributed by atoms with Gasteiger partial charge in [-0.15, -0.1) is 31.4 Å². The molecule has 0 spiro atoms. The predicted octanol–water partition coefficient (Wildman–Crippen LogP) is 3.00. The molecule has 0 bridgehead atoms. The van der Waals surface area contributed by atoms with Crippen LogP contribution in [0.2, 0.25) is 0 Å². The van der Waals surface area contributed by atoms with Crippen molar-refractivity contribution in [2.24, 2.45) is 0 Å². The van der Waals surface area contributed by atoms with Crippen LogP contribution in [0.4, 0.5) is 5.69 Å². The van der Waals surface area contributed by atoms with Crippen molar-refractivity contribution in [1.29, 1.82) is 0 Å². The Kier molecular flexibility index (Phi) is 11.2. The van der Waals surface area contributed by atoms with Gasteiger partial charge in [-0.25, -0.2) is 0 Å². The molecule has 1 aromatic rings. The first-order valence-electron chi connectivity index (χ1n) is 8.50. The normalized spacial score (nSPS) is 16.2. The Labute approximate surface area is 169 Å². The standard InChI is InChI=1S/C19H30N2O3.2ClH/c1-5-19(2,3)24-15-17(22)14-20-10-12-21(13-11-20)16-6-8-18(23-4)9-7-16;;/h5-9,17,22H,1,10-15H2,2-4H3;2*1H. The van der Waals surface area contributed by atoms with Crippen LogP contribution in [-0.4, -0.2) is 68.2 Å². The highest BCUT2D eigenvalue weighted by Crippen LogP contribution is 2.20. The highest BCUT2D eigenvalue weighted by molar-refractivity contribution is 5.85. The Hall–Kier alpha value is -0.980. The topological polar surface area (TPSA) is 45.2 Å². The number of ether oxygens (including phenoxy) is 2. The summed E-state index contributed by atoms with van der Waals surface area (Å²) < 4.78 is 10.9. The number of aliphatic hydroxyl groups is 1. The molecule has 1 aliphatic heterocycles. The van der Waals surface area contributed by atoms with Crippen LogP contribution in [0.25, 0.3) is 0 Å². The molecule has 1 atom stereocenters. The van der Waals surface area contributed by atoms with Crippen molar-refractivity contribution < 1.29 is 14.6 Å². The summed E-state index contributed by atoms with van der Waals surface area (Å²) in [6.07, 6.45) is 1.28. The maximum atomic E-state index is 10.2. The van der Waals surface area contributed by atoms with Crippen LogP contribution in [0.5, 0.6) is 5.75 Å². The van der Waals surface area contributed by atoms with Crippen molar-refractivity contribution in [3.63, 3.8) is 0 Å². The average Bonchev–Trinajstić information content (AvgIpc) is 2.61. The number of halogens is 2. The molecule has 5 nitrogen and oxygen atoms in total. The van der Waals surface area contributed by atoms with Gasteiger partial charge in [-0.2, -0.15) is 0 Å². The van der Waals surface area contributed by atoms with Crippen molar-refractivity contribution in [2.75, 3.05) is 51.3 Å². The molecule has 1 heterocycles.